The average Bonchev–Trinajstić information content (AvgIpc) is 1.80. The first-order chi connectivity index (χ1) is 3.88. The van der Waals surface area contributed by atoms with Crippen LogP contribution in [0.2, 0.25) is 0 Å². The standard InChI is InChI=1S/C6H12N2/c1-4-6-5(2-7-4)3-8-6/h4-8H,2-3H2,1H3. The molecule has 0 aliphatic carbocycles. The summed E-state index contributed by atoms with van der Waals surface area (Å²) < 4.78 is 0. The Morgan fingerprint density at radius 2 is 2.00 bits per heavy atom. The summed E-state index contributed by atoms with van der Waals surface area (Å²) in [7, 11) is 0. The minimum absolute atomic E-state index is 0.716. The Balaban J connectivity index is 2.05. The Bertz CT molecular complexity index is 96.7. The molecule has 0 aromatic carbocycles. The molecule has 2 aliphatic heterocycles. The maximum Gasteiger partial charge on any atom is 0.0271 e. The van der Waals surface area contributed by atoms with Crippen molar-refractivity contribution in [3.63, 3.8) is 0 Å². The van der Waals surface area contributed by atoms with Gasteiger partial charge in [0.05, 0.1) is 0 Å². The van der Waals surface area contributed by atoms with Crippen LogP contribution in [0.1, 0.15) is 6.92 Å². The van der Waals surface area contributed by atoms with Crippen LogP contribution in [0, 0.1) is 5.92 Å². The van der Waals surface area contributed by atoms with Gasteiger partial charge in [0, 0.05) is 31.1 Å². The summed E-state index contributed by atoms with van der Waals surface area (Å²) in [5.41, 5.74) is 0. The molecule has 3 atom stereocenters. The van der Waals surface area contributed by atoms with Crippen LogP contribution in [-0.2, 0) is 0 Å². The van der Waals surface area contributed by atoms with Crippen LogP contribution in [0.3, 0.4) is 0 Å². The molecule has 46 valence electrons. The fourth-order valence-corrected chi connectivity index (χ4v) is 1.67. The molecular formula is C6H12N2. The van der Waals surface area contributed by atoms with Crippen molar-refractivity contribution >= 4 is 0 Å². The number of nitrogens with one attached hydrogen (secondary N) is 2. The Morgan fingerprint density at radius 1 is 1.25 bits per heavy atom. The van der Waals surface area contributed by atoms with Gasteiger partial charge in [0.15, 0.2) is 0 Å². The molecule has 2 saturated heterocycles. The summed E-state index contributed by atoms with van der Waals surface area (Å²) >= 11 is 0. The van der Waals surface area contributed by atoms with Gasteiger partial charge in [-0.05, 0) is 6.92 Å². The Kier molecular flexibility index (Phi) is 0.866. The second-order valence-electron chi connectivity index (χ2n) is 2.89. The monoisotopic (exact) mass is 112 g/mol. The lowest BCUT2D eigenvalue weighted by Crippen LogP contribution is -2.54. The van der Waals surface area contributed by atoms with Gasteiger partial charge in [-0.1, -0.05) is 0 Å². The molecule has 0 bridgehead atoms. The van der Waals surface area contributed by atoms with Crippen molar-refractivity contribution in [3.8, 4) is 0 Å². The lowest BCUT2D eigenvalue weighted by molar-refractivity contribution is 0.272. The lowest BCUT2D eigenvalue weighted by atomic mass is 9.92. The highest BCUT2D eigenvalue weighted by Crippen LogP contribution is 2.20. The van der Waals surface area contributed by atoms with Crippen LogP contribution in [0.25, 0.3) is 0 Å². The molecule has 0 spiro atoms. The van der Waals surface area contributed by atoms with Crippen molar-refractivity contribution in [1.82, 2.24) is 10.6 Å². The largest absolute Gasteiger partial charge is 0.312 e. The molecule has 3 unspecified atom stereocenters. The Morgan fingerprint density at radius 3 is 2.25 bits per heavy atom. The molecule has 2 rings (SSSR count). The van der Waals surface area contributed by atoms with Crippen LogP contribution in [-0.4, -0.2) is 25.2 Å². The van der Waals surface area contributed by atoms with Crippen LogP contribution in [0.4, 0.5) is 0 Å². The molecule has 0 aromatic heterocycles. The summed E-state index contributed by atoms with van der Waals surface area (Å²) in [6.45, 7) is 4.72. The SMILES string of the molecule is CC1NCC2CNC21. The van der Waals surface area contributed by atoms with Gasteiger partial charge in [-0.2, -0.15) is 0 Å². The molecule has 2 aliphatic rings. The van der Waals surface area contributed by atoms with E-state index in [-0.39, 0.29) is 0 Å². The third-order valence-electron chi connectivity index (χ3n) is 2.36. The Hall–Kier alpha value is -0.0800. The zero-order valence-corrected chi connectivity index (χ0v) is 5.15. The van der Waals surface area contributed by atoms with E-state index in [4.69, 9.17) is 0 Å². The Labute approximate surface area is 49.7 Å². The first kappa shape index (κ1) is 4.77. The van der Waals surface area contributed by atoms with E-state index in [0.717, 1.165) is 12.0 Å². The van der Waals surface area contributed by atoms with Crippen molar-refractivity contribution in [2.75, 3.05) is 13.1 Å². The quantitative estimate of drug-likeness (QED) is 0.444. The van der Waals surface area contributed by atoms with E-state index in [9.17, 15) is 0 Å². The molecule has 2 heterocycles. The highest BCUT2D eigenvalue weighted by atomic mass is 15.1. The number of rotatable bonds is 0. The molecule has 8 heavy (non-hydrogen) atoms. The number of hydrogen-bond donors (Lipinski definition) is 2. The fraction of sp³-hybridized carbons (Fsp3) is 1.00. The molecule has 0 radical (unpaired) electrons. The first-order valence-electron chi connectivity index (χ1n) is 3.34. The third kappa shape index (κ3) is 0.446. The van der Waals surface area contributed by atoms with Gasteiger partial charge in [0.2, 0.25) is 0 Å². The van der Waals surface area contributed by atoms with E-state index in [0.29, 0.717) is 6.04 Å². The van der Waals surface area contributed by atoms with E-state index < -0.39 is 0 Å². The highest BCUT2D eigenvalue weighted by Gasteiger charge is 2.39. The minimum Gasteiger partial charge on any atom is -0.312 e. The van der Waals surface area contributed by atoms with Crippen LogP contribution >= 0.6 is 0 Å². The maximum absolute atomic E-state index is 3.42. The number of hydrogen-bond acceptors (Lipinski definition) is 2. The topological polar surface area (TPSA) is 24.1 Å². The number of fused-ring (bicyclic) bond motifs is 1. The van der Waals surface area contributed by atoms with Gasteiger partial charge in [0.25, 0.3) is 0 Å². The lowest BCUT2D eigenvalue weighted by Gasteiger charge is -2.33. The summed E-state index contributed by atoms with van der Waals surface area (Å²) in [5, 5.41) is 6.81. The molecule has 2 nitrogen and oxygen atoms in total. The van der Waals surface area contributed by atoms with Gasteiger partial charge < -0.3 is 10.6 Å². The average molecular weight is 112 g/mol. The van der Waals surface area contributed by atoms with E-state index in [1.807, 2.05) is 0 Å². The van der Waals surface area contributed by atoms with Gasteiger partial charge in [-0.15, -0.1) is 0 Å². The normalized spacial score (nSPS) is 52.9. The predicted molar refractivity (Wildman–Crippen MR) is 32.7 cm³/mol. The molecule has 0 amide bonds. The first-order valence-corrected chi connectivity index (χ1v) is 3.34. The van der Waals surface area contributed by atoms with Crippen molar-refractivity contribution in [2.45, 2.75) is 19.0 Å². The van der Waals surface area contributed by atoms with E-state index in [1.54, 1.807) is 0 Å². The fourth-order valence-electron chi connectivity index (χ4n) is 1.67. The van der Waals surface area contributed by atoms with Crippen LogP contribution < -0.4 is 10.6 Å². The van der Waals surface area contributed by atoms with Crippen molar-refractivity contribution in [1.29, 1.82) is 0 Å². The summed E-state index contributed by atoms with van der Waals surface area (Å²) in [6.07, 6.45) is 0. The van der Waals surface area contributed by atoms with Crippen molar-refractivity contribution in [3.05, 3.63) is 0 Å². The van der Waals surface area contributed by atoms with E-state index in [1.165, 1.54) is 13.1 Å². The zero-order chi connectivity index (χ0) is 5.56. The maximum atomic E-state index is 3.42. The van der Waals surface area contributed by atoms with Gasteiger partial charge in [-0.25, -0.2) is 0 Å². The summed E-state index contributed by atoms with van der Waals surface area (Å²) in [6, 6.07) is 1.52. The molecule has 2 heteroatoms. The third-order valence-corrected chi connectivity index (χ3v) is 2.36. The van der Waals surface area contributed by atoms with Crippen LogP contribution in [0.5, 0.6) is 0 Å². The highest BCUT2D eigenvalue weighted by molar-refractivity contribution is 5.01. The predicted octanol–water partition coefficient (Wildman–Crippen LogP) is -0.434. The molecule has 0 saturated carbocycles. The molecule has 2 fully saturated rings. The van der Waals surface area contributed by atoms with Gasteiger partial charge in [0.1, 0.15) is 0 Å². The summed E-state index contributed by atoms with van der Waals surface area (Å²) in [4.78, 5) is 0. The molecular weight excluding hydrogens is 100 g/mol. The second kappa shape index (κ2) is 1.45. The van der Waals surface area contributed by atoms with Gasteiger partial charge >= 0.3 is 0 Å². The molecule has 2 N–H and O–H groups in total. The van der Waals surface area contributed by atoms with E-state index >= 15 is 0 Å². The summed E-state index contributed by atoms with van der Waals surface area (Å²) in [5.74, 6) is 0.949. The second-order valence-corrected chi connectivity index (χ2v) is 2.89. The van der Waals surface area contributed by atoms with Gasteiger partial charge in [-0.3, -0.25) is 0 Å². The van der Waals surface area contributed by atoms with Crippen molar-refractivity contribution < 1.29 is 0 Å². The van der Waals surface area contributed by atoms with Crippen LogP contribution in [0.15, 0.2) is 0 Å². The minimum atomic E-state index is 0.716. The molecule has 0 aromatic rings. The zero-order valence-electron chi connectivity index (χ0n) is 5.15. The smallest absolute Gasteiger partial charge is 0.0271 e. The van der Waals surface area contributed by atoms with Crippen molar-refractivity contribution in [2.24, 2.45) is 5.92 Å². The van der Waals surface area contributed by atoms with E-state index in [2.05, 4.69) is 17.6 Å².